The molecular formula is C23H24N6O3S. The third kappa shape index (κ3) is 6.19. The van der Waals surface area contributed by atoms with Gasteiger partial charge in [-0.2, -0.15) is 15.0 Å². The average molecular weight is 465 g/mol. The van der Waals surface area contributed by atoms with Crippen LogP contribution in [0.3, 0.4) is 0 Å². The van der Waals surface area contributed by atoms with E-state index in [-0.39, 0.29) is 36.0 Å². The quantitative estimate of drug-likeness (QED) is 0.382. The number of anilines is 3. The monoisotopic (exact) mass is 464 g/mol. The van der Waals surface area contributed by atoms with E-state index in [1.807, 2.05) is 41.3 Å². The van der Waals surface area contributed by atoms with Crippen molar-refractivity contribution in [3.8, 4) is 0 Å². The van der Waals surface area contributed by atoms with Crippen molar-refractivity contribution in [1.82, 2.24) is 19.9 Å². The first kappa shape index (κ1) is 22.5. The second-order valence-corrected chi connectivity index (χ2v) is 8.39. The predicted octanol–water partition coefficient (Wildman–Crippen LogP) is 3.27. The summed E-state index contributed by atoms with van der Waals surface area (Å²) in [5.41, 5.74) is 6.97. The summed E-state index contributed by atoms with van der Waals surface area (Å²) in [5.74, 6) is 0.344. The Bertz CT molecular complexity index is 1120. The van der Waals surface area contributed by atoms with Gasteiger partial charge in [0, 0.05) is 23.7 Å². The van der Waals surface area contributed by atoms with E-state index in [0.717, 1.165) is 31.6 Å². The van der Waals surface area contributed by atoms with E-state index in [9.17, 15) is 9.59 Å². The number of amides is 1. The molecule has 1 aliphatic rings. The zero-order valence-corrected chi connectivity index (χ0v) is 18.8. The molecule has 10 heteroatoms. The number of nitrogen functional groups attached to an aromatic ring is 1. The number of hydrogen-bond donors (Lipinski definition) is 2. The summed E-state index contributed by atoms with van der Waals surface area (Å²) in [7, 11) is 0. The molecule has 0 bridgehead atoms. The number of thioether (sulfide) groups is 1. The van der Waals surface area contributed by atoms with E-state index >= 15 is 0 Å². The van der Waals surface area contributed by atoms with Crippen molar-refractivity contribution in [2.45, 2.75) is 24.3 Å². The molecule has 170 valence electrons. The molecule has 3 aromatic rings. The van der Waals surface area contributed by atoms with E-state index in [1.165, 1.54) is 11.8 Å². The van der Waals surface area contributed by atoms with Crippen LogP contribution in [0.2, 0.25) is 0 Å². The average Bonchev–Trinajstić information content (AvgIpc) is 3.37. The van der Waals surface area contributed by atoms with Crippen LogP contribution in [0.25, 0.3) is 0 Å². The number of para-hydroxylation sites is 1. The van der Waals surface area contributed by atoms with Crippen molar-refractivity contribution >= 4 is 41.2 Å². The molecule has 2 aromatic carbocycles. The van der Waals surface area contributed by atoms with Gasteiger partial charge in [-0.25, -0.2) is 4.79 Å². The van der Waals surface area contributed by atoms with Crippen molar-refractivity contribution in [1.29, 1.82) is 0 Å². The maximum atomic E-state index is 12.8. The van der Waals surface area contributed by atoms with Crippen LogP contribution >= 0.6 is 11.8 Å². The van der Waals surface area contributed by atoms with Gasteiger partial charge in [0.05, 0.1) is 11.3 Å². The Hall–Kier alpha value is -3.66. The van der Waals surface area contributed by atoms with Crippen molar-refractivity contribution in [2.75, 3.05) is 29.9 Å². The Kier molecular flexibility index (Phi) is 7.36. The van der Waals surface area contributed by atoms with Gasteiger partial charge in [0.2, 0.25) is 17.8 Å². The topological polar surface area (TPSA) is 123 Å². The maximum absolute atomic E-state index is 12.8. The SMILES string of the molecule is Nc1nc(COC(=O)c2ccccc2SCC(=O)N2CCCC2)nc(Nc2ccccc2)n1. The molecule has 1 saturated heterocycles. The second-order valence-electron chi connectivity index (χ2n) is 7.37. The molecule has 0 spiro atoms. The fraction of sp³-hybridized carbons (Fsp3) is 0.261. The minimum Gasteiger partial charge on any atom is -0.454 e. The third-order valence-corrected chi connectivity index (χ3v) is 6.04. The van der Waals surface area contributed by atoms with Gasteiger partial charge in [-0.15, -0.1) is 11.8 Å². The molecule has 0 aliphatic carbocycles. The third-order valence-electron chi connectivity index (χ3n) is 4.98. The number of likely N-dealkylation sites (tertiary alicyclic amines) is 1. The van der Waals surface area contributed by atoms with Crippen LogP contribution in [0.1, 0.15) is 29.0 Å². The van der Waals surface area contributed by atoms with Gasteiger partial charge in [-0.05, 0) is 37.1 Å². The van der Waals surface area contributed by atoms with Crippen molar-refractivity contribution in [3.05, 3.63) is 66.0 Å². The molecule has 4 rings (SSSR count). The summed E-state index contributed by atoms with van der Waals surface area (Å²) in [6.45, 7) is 1.44. The van der Waals surface area contributed by atoms with Gasteiger partial charge in [0.1, 0.15) is 0 Å². The van der Waals surface area contributed by atoms with Crippen LogP contribution in [0, 0.1) is 0 Å². The molecule has 0 atom stereocenters. The van der Waals surface area contributed by atoms with Crippen molar-refractivity contribution < 1.29 is 14.3 Å². The van der Waals surface area contributed by atoms with Crippen LogP contribution in [0.15, 0.2) is 59.5 Å². The van der Waals surface area contributed by atoms with Crippen molar-refractivity contribution in [2.24, 2.45) is 0 Å². The summed E-state index contributed by atoms with van der Waals surface area (Å²) in [6, 6.07) is 16.4. The van der Waals surface area contributed by atoms with Crippen LogP contribution < -0.4 is 11.1 Å². The Labute approximate surface area is 195 Å². The number of nitrogens with one attached hydrogen (secondary N) is 1. The molecule has 1 aromatic heterocycles. The van der Waals surface area contributed by atoms with E-state index in [0.29, 0.717) is 10.5 Å². The molecule has 1 aliphatic heterocycles. The molecule has 0 unspecified atom stereocenters. The van der Waals surface area contributed by atoms with Gasteiger partial charge in [-0.1, -0.05) is 30.3 Å². The summed E-state index contributed by atoms with van der Waals surface area (Å²) in [5, 5.41) is 3.04. The van der Waals surface area contributed by atoms with E-state index in [4.69, 9.17) is 10.5 Å². The summed E-state index contributed by atoms with van der Waals surface area (Å²) >= 11 is 1.33. The van der Waals surface area contributed by atoms with Gasteiger partial charge in [0.25, 0.3) is 0 Å². The Balaban J connectivity index is 1.38. The van der Waals surface area contributed by atoms with Gasteiger partial charge < -0.3 is 20.7 Å². The molecule has 2 heterocycles. The number of carbonyl (C=O) groups excluding carboxylic acids is 2. The predicted molar refractivity (Wildman–Crippen MR) is 126 cm³/mol. The normalized spacial score (nSPS) is 13.0. The number of benzene rings is 2. The number of hydrogen-bond acceptors (Lipinski definition) is 9. The summed E-state index contributed by atoms with van der Waals surface area (Å²) < 4.78 is 5.44. The Morgan fingerprint density at radius 1 is 1.00 bits per heavy atom. The fourth-order valence-corrected chi connectivity index (χ4v) is 4.32. The smallest absolute Gasteiger partial charge is 0.339 e. The zero-order chi connectivity index (χ0) is 23.0. The van der Waals surface area contributed by atoms with E-state index < -0.39 is 5.97 Å². The highest BCUT2D eigenvalue weighted by Crippen LogP contribution is 2.25. The Morgan fingerprint density at radius 3 is 2.52 bits per heavy atom. The van der Waals surface area contributed by atoms with Gasteiger partial charge >= 0.3 is 5.97 Å². The van der Waals surface area contributed by atoms with Crippen LogP contribution in [0.5, 0.6) is 0 Å². The van der Waals surface area contributed by atoms with Gasteiger partial charge in [0.15, 0.2) is 12.4 Å². The molecule has 0 saturated carbocycles. The van der Waals surface area contributed by atoms with Crippen LogP contribution in [-0.4, -0.2) is 50.6 Å². The number of ether oxygens (including phenoxy) is 1. The minimum atomic E-state index is -0.525. The summed E-state index contributed by atoms with van der Waals surface area (Å²) in [4.78, 5) is 40.0. The number of carbonyl (C=O) groups is 2. The molecule has 1 amide bonds. The molecule has 0 radical (unpaired) electrons. The van der Waals surface area contributed by atoms with E-state index in [2.05, 4.69) is 20.3 Å². The minimum absolute atomic E-state index is 0.0193. The number of esters is 1. The second kappa shape index (κ2) is 10.8. The maximum Gasteiger partial charge on any atom is 0.339 e. The summed E-state index contributed by atoms with van der Waals surface area (Å²) in [6.07, 6.45) is 2.09. The molecule has 1 fully saturated rings. The highest BCUT2D eigenvalue weighted by atomic mass is 32.2. The standard InChI is InChI=1S/C23H24N6O3S/c24-22-26-19(27-23(28-22)25-16-8-2-1-3-9-16)14-32-21(31)17-10-4-5-11-18(17)33-15-20(30)29-12-6-7-13-29/h1-5,8-11H,6-7,12-15H2,(H3,24,25,26,27,28). The number of nitrogens with two attached hydrogens (primary N) is 1. The lowest BCUT2D eigenvalue weighted by atomic mass is 10.2. The first-order valence-corrected chi connectivity index (χ1v) is 11.6. The van der Waals surface area contributed by atoms with Gasteiger partial charge in [-0.3, -0.25) is 4.79 Å². The first-order valence-electron chi connectivity index (χ1n) is 10.6. The number of rotatable bonds is 8. The molecule has 9 nitrogen and oxygen atoms in total. The molecule has 33 heavy (non-hydrogen) atoms. The lowest BCUT2D eigenvalue weighted by Gasteiger charge is -2.15. The van der Waals surface area contributed by atoms with Crippen molar-refractivity contribution in [3.63, 3.8) is 0 Å². The lowest BCUT2D eigenvalue weighted by Crippen LogP contribution is -2.29. The highest BCUT2D eigenvalue weighted by molar-refractivity contribution is 8.00. The van der Waals surface area contributed by atoms with E-state index in [1.54, 1.807) is 18.2 Å². The molecule has 3 N–H and O–H groups in total. The fourth-order valence-electron chi connectivity index (χ4n) is 3.38. The first-order chi connectivity index (χ1) is 16.1. The van der Waals surface area contributed by atoms with Crippen LogP contribution in [0.4, 0.5) is 17.6 Å². The lowest BCUT2D eigenvalue weighted by molar-refractivity contribution is -0.127. The highest BCUT2D eigenvalue weighted by Gasteiger charge is 2.20. The largest absolute Gasteiger partial charge is 0.454 e. The number of nitrogens with zero attached hydrogens (tertiary/aromatic N) is 4. The number of aromatic nitrogens is 3. The van der Waals surface area contributed by atoms with Crippen LogP contribution in [-0.2, 0) is 16.1 Å². The zero-order valence-electron chi connectivity index (χ0n) is 17.9. The Morgan fingerprint density at radius 2 is 1.73 bits per heavy atom. The molecular weight excluding hydrogens is 440 g/mol.